The number of carbonyl (C=O) groups is 1. The molecule has 206 valence electrons. The van der Waals surface area contributed by atoms with E-state index in [0.29, 0.717) is 17.9 Å². The normalized spacial score (nSPS) is 14.6. The lowest BCUT2D eigenvalue weighted by Gasteiger charge is -2.36. The number of hydrogen-bond donors (Lipinski definition) is 3. The van der Waals surface area contributed by atoms with E-state index in [0.717, 1.165) is 31.9 Å². The van der Waals surface area contributed by atoms with Gasteiger partial charge in [-0.3, -0.25) is 19.1 Å². The third kappa shape index (κ3) is 5.98. The van der Waals surface area contributed by atoms with Crippen LogP contribution in [-0.4, -0.2) is 74.3 Å². The Labute approximate surface area is 229 Å². The maximum Gasteiger partial charge on any atom is 0.283 e. The summed E-state index contributed by atoms with van der Waals surface area (Å²) in [4.78, 5) is 41.1. The first kappa shape index (κ1) is 26.9. The number of β-amino-alcohol motifs (C(OH)–C–C–N with tert-alkyl or cyclic N) is 1. The van der Waals surface area contributed by atoms with E-state index in [-0.39, 0.29) is 34.7 Å². The lowest BCUT2D eigenvalue weighted by Crippen LogP contribution is -2.48. The quantitative estimate of drug-likeness (QED) is 0.287. The number of nitrogens with zero attached hydrogens (tertiary/aromatic N) is 6. The van der Waals surface area contributed by atoms with E-state index >= 15 is 4.39 Å². The standard InChI is InChI=1S/C28H29FN8O3/c1-3-25(39)32-19-5-4-6-21(13-19)37-17-31-27(40)22-15-30-28(34-26(22)37)33-24-8-7-20(14-23(24)29)36-11-9-35(10-12-36)16-18(2)38/h3-8,13-15,17-18,38H,1,9-12,16H2,2H3,(H,32,39)(H,30,33,34). The van der Waals surface area contributed by atoms with Gasteiger partial charge in [-0.2, -0.15) is 9.97 Å². The highest BCUT2D eigenvalue weighted by Crippen LogP contribution is 2.26. The molecule has 5 rings (SSSR count). The highest BCUT2D eigenvalue weighted by atomic mass is 19.1. The third-order valence-corrected chi connectivity index (χ3v) is 6.55. The molecule has 1 unspecified atom stereocenters. The monoisotopic (exact) mass is 544 g/mol. The minimum atomic E-state index is -0.502. The first-order valence-corrected chi connectivity index (χ1v) is 12.8. The summed E-state index contributed by atoms with van der Waals surface area (Å²) in [6.45, 7) is 8.89. The second-order valence-electron chi connectivity index (χ2n) is 9.52. The number of aromatic nitrogens is 4. The number of fused-ring (bicyclic) bond motifs is 1. The largest absolute Gasteiger partial charge is 0.392 e. The fourth-order valence-electron chi connectivity index (χ4n) is 4.60. The number of aliphatic hydroxyl groups excluding tert-OH is 1. The van der Waals surface area contributed by atoms with Gasteiger partial charge in [-0.25, -0.2) is 9.37 Å². The number of carbonyl (C=O) groups excluding carboxylic acids is 1. The summed E-state index contributed by atoms with van der Waals surface area (Å²) < 4.78 is 16.7. The second kappa shape index (κ2) is 11.6. The Balaban J connectivity index is 1.39. The van der Waals surface area contributed by atoms with Crippen LogP contribution in [0.3, 0.4) is 0 Å². The van der Waals surface area contributed by atoms with Crippen molar-refractivity contribution in [3.05, 3.63) is 83.8 Å². The molecule has 11 nitrogen and oxygen atoms in total. The summed E-state index contributed by atoms with van der Waals surface area (Å²) in [5.74, 6) is -0.729. The van der Waals surface area contributed by atoms with Crippen molar-refractivity contribution in [1.82, 2.24) is 24.4 Å². The zero-order valence-electron chi connectivity index (χ0n) is 21.9. The SMILES string of the molecule is C=CC(=O)Nc1cccc(-n2cnc(=O)c3cnc(Nc4ccc(N5CCN(CC(C)O)CC5)cc4F)nc32)c1. The van der Waals surface area contributed by atoms with Gasteiger partial charge in [-0.05, 0) is 49.4 Å². The van der Waals surface area contributed by atoms with Crippen molar-refractivity contribution in [1.29, 1.82) is 0 Å². The molecule has 1 atom stereocenters. The van der Waals surface area contributed by atoms with Gasteiger partial charge in [0.2, 0.25) is 11.9 Å². The van der Waals surface area contributed by atoms with Gasteiger partial charge in [0.05, 0.1) is 17.5 Å². The van der Waals surface area contributed by atoms with Crippen LogP contribution >= 0.6 is 0 Å². The molecule has 0 aliphatic carbocycles. The fraction of sp³-hybridized carbons (Fsp3) is 0.250. The molecule has 0 radical (unpaired) electrons. The predicted molar refractivity (Wildman–Crippen MR) is 152 cm³/mol. The fourth-order valence-corrected chi connectivity index (χ4v) is 4.60. The van der Waals surface area contributed by atoms with E-state index < -0.39 is 11.4 Å². The molecule has 1 saturated heterocycles. The summed E-state index contributed by atoms with van der Waals surface area (Å²) >= 11 is 0. The minimum absolute atomic E-state index is 0.0985. The molecule has 1 fully saturated rings. The maximum atomic E-state index is 15.1. The number of hydrogen-bond acceptors (Lipinski definition) is 9. The molecule has 1 aliphatic rings. The molecular weight excluding hydrogens is 515 g/mol. The number of piperazine rings is 1. The van der Waals surface area contributed by atoms with Gasteiger partial charge in [-0.15, -0.1) is 0 Å². The number of halogens is 1. The Morgan fingerprint density at radius 3 is 2.67 bits per heavy atom. The summed E-state index contributed by atoms with van der Waals surface area (Å²) in [7, 11) is 0. The van der Waals surface area contributed by atoms with Crippen LogP contribution in [0, 0.1) is 5.82 Å². The van der Waals surface area contributed by atoms with Crippen LogP contribution in [0.2, 0.25) is 0 Å². The van der Waals surface area contributed by atoms with E-state index in [1.165, 1.54) is 24.7 Å². The highest BCUT2D eigenvalue weighted by Gasteiger charge is 2.19. The second-order valence-corrected chi connectivity index (χ2v) is 9.52. The van der Waals surface area contributed by atoms with Crippen LogP contribution in [0.4, 0.5) is 27.4 Å². The molecule has 12 heteroatoms. The number of rotatable bonds is 8. The lowest BCUT2D eigenvalue weighted by atomic mass is 10.2. The maximum absolute atomic E-state index is 15.1. The van der Waals surface area contributed by atoms with Crippen molar-refractivity contribution >= 4 is 40.0 Å². The van der Waals surface area contributed by atoms with Crippen LogP contribution < -0.4 is 21.1 Å². The van der Waals surface area contributed by atoms with Gasteiger partial charge < -0.3 is 20.6 Å². The molecule has 0 spiro atoms. The van der Waals surface area contributed by atoms with E-state index in [9.17, 15) is 14.7 Å². The number of anilines is 4. The van der Waals surface area contributed by atoms with Crippen molar-refractivity contribution in [3.8, 4) is 5.69 Å². The third-order valence-electron chi connectivity index (χ3n) is 6.55. The summed E-state index contributed by atoms with van der Waals surface area (Å²) in [5.41, 5.74) is 1.83. The molecular formula is C28H29FN8O3. The Kier molecular flexibility index (Phi) is 7.80. The van der Waals surface area contributed by atoms with Crippen molar-refractivity contribution in [2.45, 2.75) is 13.0 Å². The van der Waals surface area contributed by atoms with E-state index in [1.807, 2.05) is 6.07 Å². The predicted octanol–water partition coefficient (Wildman–Crippen LogP) is 2.69. The Bertz CT molecular complexity index is 1620. The van der Waals surface area contributed by atoms with Gasteiger partial charge in [-0.1, -0.05) is 12.6 Å². The highest BCUT2D eigenvalue weighted by molar-refractivity contribution is 5.99. The number of benzene rings is 2. The molecule has 0 saturated carbocycles. The van der Waals surface area contributed by atoms with Crippen molar-refractivity contribution < 1.29 is 14.3 Å². The summed E-state index contributed by atoms with van der Waals surface area (Å²) in [6, 6.07) is 11.9. The van der Waals surface area contributed by atoms with Gasteiger partial charge >= 0.3 is 0 Å². The van der Waals surface area contributed by atoms with Gasteiger partial charge in [0, 0.05) is 50.3 Å². The van der Waals surface area contributed by atoms with Crippen LogP contribution in [-0.2, 0) is 4.79 Å². The molecule has 3 N–H and O–H groups in total. The average molecular weight is 545 g/mol. The first-order valence-electron chi connectivity index (χ1n) is 12.8. The van der Waals surface area contributed by atoms with Crippen LogP contribution in [0.25, 0.3) is 16.7 Å². The van der Waals surface area contributed by atoms with Crippen molar-refractivity contribution in [2.75, 3.05) is 48.3 Å². The smallest absolute Gasteiger partial charge is 0.283 e. The number of aliphatic hydroxyl groups is 1. The average Bonchev–Trinajstić information content (AvgIpc) is 2.94. The zero-order valence-corrected chi connectivity index (χ0v) is 21.9. The first-order chi connectivity index (χ1) is 19.3. The topological polar surface area (TPSA) is 129 Å². The zero-order chi connectivity index (χ0) is 28.2. The van der Waals surface area contributed by atoms with E-state index in [2.05, 4.69) is 42.0 Å². The van der Waals surface area contributed by atoms with Crippen LogP contribution in [0.1, 0.15) is 6.92 Å². The van der Waals surface area contributed by atoms with Gasteiger partial charge in [0.15, 0.2) is 5.65 Å². The molecule has 1 aliphatic heterocycles. The number of amides is 1. The van der Waals surface area contributed by atoms with E-state index in [1.54, 1.807) is 41.8 Å². The molecule has 40 heavy (non-hydrogen) atoms. The minimum Gasteiger partial charge on any atom is -0.392 e. The summed E-state index contributed by atoms with van der Waals surface area (Å²) in [6.07, 6.45) is 3.47. The van der Waals surface area contributed by atoms with Gasteiger partial charge in [0.25, 0.3) is 5.56 Å². The molecule has 2 aromatic heterocycles. The van der Waals surface area contributed by atoms with Crippen molar-refractivity contribution in [3.63, 3.8) is 0 Å². The Hall–Kier alpha value is -4.68. The summed E-state index contributed by atoms with van der Waals surface area (Å²) in [5, 5.41) is 15.4. The van der Waals surface area contributed by atoms with Crippen molar-refractivity contribution in [2.24, 2.45) is 0 Å². The van der Waals surface area contributed by atoms with Crippen LogP contribution in [0.15, 0.2) is 72.4 Å². The lowest BCUT2D eigenvalue weighted by molar-refractivity contribution is -0.111. The molecule has 4 aromatic rings. The molecule has 3 heterocycles. The van der Waals surface area contributed by atoms with Crippen LogP contribution in [0.5, 0.6) is 0 Å². The Morgan fingerprint density at radius 1 is 1.15 bits per heavy atom. The van der Waals surface area contributed by atoms with Gasteiger partial charge in [0.1, 0.15) is 17.5 Å². The molecule has 0 bridgehead atoms. The van der Waals surface area contributed by atoms with E-state index in [4.69, 9.17) is 0 Å². The Morgan fingerprint density at radius 2 is 1.95 bits per heavy atom. The molecule has 1 amide bonds. The number of nitrogens with one attached hydrogen (secondary N) is 2. The molecule has 2 aromatic carbocycles.